The molecule has 0 aromatic heterocycles. The first-order valence-electron chi connectivity index (χ1n) is 6.79. The molecule has 19 heavy (non-hydrogen) atoms. The van der Waals surface area contributed by atoms with Gasteiger partial charge in [-0.1, -0.05) is 21.3 Å². The first-order valence-corrected chi connectivity index (χ1v) is 6.79. The molecule has 2 saturated heterocycles. The summed E-state index contributed by atoms with van der Waals surface area (Å²) in [5, 5.41) is 0. The molecule has 0 spiro atoms. The second-order valence-electron chi connectivity index (χ2n) is 5.27. The van der Waals surface area contributed by atoms with Crippen molar-refractivity contribution in [2.45, 2.75) is 60.4 Å². The highest BCUT2D eigenvalue weighted by molar-refractivity contribution is 4.58. The zero-order chi connectivity index (χ0) is 14.0. The number of hydrogen-bond donors (Lipinski definition) is 0. The summed E-state index contributed by atoms with van der Waals surface area (Å²) in [6.07, 6.45) is 1.39. The van der Waals surface area contributed by atoms with Crippen molar-refractivity contribution in [3.8, 4) is 0 Å². The molecule has 3 unspecified atom stereocenters. The number of hydrogen-bond acceptors (Lipinski definition) is 4. The summed E-state index contributed by atoms with van der Waals surface area (Å²) in [5.41, 5.74) is 0. The lowest BCUT2D eigenvalue weighted by Crippen LogP contribution is -2.15. The lowest BCUT2D eigenvalue weighted by atomic mass is 10.2. The molecule has 2 rings (SSSR count). The highest BCUT2D eigenvalue weighted by Crippen LogP contribution is 2.04. The molecule has 2 heterocycles. The fourth-order valence-corrected chi connectivity index (χ4v) is 0.730. The van der Waals surface area contributed by atoms with Crippen molar-refractivity contribution in [3.63, 3.8) is 0 Å². The van der Waals surface area contributed by atoms with Gasteiger partial charge in [-0.25, -0.2) is 0 Å². The second-order valence-corrected chi connectivity index (χ2v) is 5.27. The van der Waals surface area contributed by atoms with Crippen LogP contribution in [0, 0.1) is 5.92 Å². The van der Waals surface area contributed by atoms with Crippen LogP contribution in [0.1, 0.15) is 42.0 Å². The topological polar surface area (TPSA) is 43.5 Å². The largest absolute Gasteiger partial charge is 0.379 e. The monoisotopic (exact) mass is 278 g/mol. The Morgan fingerprint density at radius 1 is 1.00 bits per heavy atom. The van der Waals surface area contributed by atoms with Gasteiger partial charge < -0.3 is 18.9 Å². The van der Waals surface area contributed by atoms with E-state index in [1.807, 2.05) is 6.92 Å². The Labute approximate surface area is 119 Å². The zero-order valence-corrected chi connectivity index (χ0v) is 12.8. The van der Waals surface area contributed by atoms with Crippen LogP contribution in [0.5, 0.6) is 0 Å². The quantitative estimate of drug-likeness (QED) is 0.725. The number of methoxy groups -OCH3 is 1. The van der Waals surface area contributed by atoms with Crippen LogP contribution >= 0.6 is 0 Å². The van der Waals surface area contributed by atoms with Crippen LogP contribution in [0.25, 0.3) is 0 Å². The first-order chi connectivity index (χ1) is 8.45. The predicted octanol–water partition coefficient (Wildman–Crippen LogP) is 3.14. The van der Waals surface area contributed by atoms with Crippen molar-refractivity contribution in [2.24, 2.45) is 5.92 Å². The van der Waals surface area contributed by atoms with Gasteiger partial charge in [-0.15, -0.1) is 0 Å². The Balaban J connectivity index is 0. The third kappa shape index (κ3) is 23.4. The van der Waals surface area contributed by atoms with Gasteiger partial charge in [-0.3, -0.25) is 0 Å². The van der Waals surface area contributed by atoms with Gasteiger partial charge in [-0.2, -0.15) is 0 Å². The van der Waals surface area contributed by atoms with E-state index >= 15 is 0 Å². The third-order valence-electron chi connectivity index (χ3n) is 2.21. The van der Waals surface area contributed by atoms with Gasteiger partial charge in [0, 0.05) is 13.7 Å². The van der Waals surface area contributed by atoms with Crippen molar-refractivity contribution in [2.75, 3.05) is 33.5 Å². The molecule has 0 aromatic carbocycles. The van der Waals surface area contributed by atoms with Crippen molar-refractivity contribution in [3.05, 3.63) is 0 Å². The zero-order valence-electron chi connectivity index (χ0n) is 12.8. The average molecular weight is 278 g/mol. The summed E-state index contributed by atoms with van der Waals surface area (Å²) in [7, 11) is 1.70. The molecule has 0 radical (unpaired) electrons. The lowest BCUT2D eigenvalue weighted by molar-refractivity contribution is 0.00995. The van der Waals surface area contributed by atoms with E-state index in [9.17, 15) is 0 Å². The molecule has 0 aliphatic carbocycles. The molecule has 2 aliphatic heterocycles. The summed E-state index contributed by atoms with van der Waals surface area (Å²) in [6.45, 7) is 13.9. The molecule has 3 atom stereocenters. The van der Waals surface area contributed by atoms with Crippen LogP contribution in [0.15, 0.2) is 0 Å². The normalized spacial score (nSPS) is 24.2. The van der Waals surface area contributed by atoms with Gasteiger partial charge in [-0.05, 0) is 26.7 Å². The van der Waals surface area contributed by atoms with Gasteiger partial charge in [0.25, 0.3) is 0 Å². The minimum atomic E-state index is 0. The average Bonchev–Trinajstić information content (AvgIpc) is 3.21. The number of ether oxygens (including phenoxy) is 4. The minimum Gasteiger partial charge on any atom is -0.379 e. The molecular formula is C15H34O4. The summed E-state index contributed by atoms with van der Waals surface area (Å²) in [6, 6.07) is 0. The highest BCUT2D eigenvalue weighted by atomic mass is 16.6. The van der Waals surface area contributed by atoms with Gasteiger partial charge in [0.2, 0.25) is 0 Å². The molecule has 2 aliphatic rings. The van der Waals surface area contributed by atoms with E-state index in [0.29, 0.717) is 24.7 Å². The van der Waals surface area contributed by atoms with Crippen LogP contribution < -0.4 is 0 Å². The van der Waals surface area contributed by atoms with E-state index in [2.05, 4.69) is 27.7 Å². The molecule has 0 aromatic rings. The lowest BCUT2D eigenvalue weighted by Gasteiger charge is -2.11. The summed E-state index contributed by atoms with van der Waals surface area (Å²) in [5.74, 6) is 0.615. The molecule has 4 nitrogen and oxygen atoms in total. The van der Waals surface area contributed by atoms with Crippen LogP contribution in [-0.4, -0.2) is 51.8 Å². The second kappa shape index (κ2) is 12.9. The smallest absolute Gasteiger partial charge is 0.0781 e. The van der Waals surface area contributed by atoms with Crippen LogP contribution in [0.3, 0.4) is 0 Å². The Morgan fingerprint density at radius 2 is 1.37 bits per heavy atom. The van der Waals surface area contributed by atoms with E-state index in [1.54, 1.807) is 7.11 Å². The Hall–Kier alpha value is -0.160. The fourth-order valence-electron chi connectivity index (χ4n) is 0.730. The van der Waals surface area contributed by atoms with Crippen molar-refractivity contribution in [1.29, 1.82) is 0 Å². The first kappa shape index (κ1) is 21.1. The highest BCUT2D eigenvalue weighted by Gasteiger charge is 2.13. The standard InChI is InChI=1S/C8H18O2.2C3H6O.CH4/c1-7(2)5-10-6-8(3)9-4;2*1-3-2-4-3;/h7-8H,5-6H2,1-4H3;2*3H,2H2,1H3;1H4. The summed E-state index contributed by atoms with van der Waals surface area (Å²) < 4.78 is 19.7. The van der Waals surface area contributed by atoms with Crippen molar-refractivity contribution < 1.29 is 18.9 Å². The molecule has 0 saturated carbocycles. The molecule has 0 N–H and O–H groups in total. The SMILES string of the molecule is C.CC1CO1.CC1CO1.COC(C)COCC(C)C. The third-order valence-corrected chi connectivity index (χ3v) is 2.21. The summed E-state index contributed by atoms with van der Waals surface area (Å²) in [4.78, 5) is 0. The minimum absolute atomic E-state index is 0. The van der Waals surface area contributed by atoms with Crippen LogP contribution in [0.2, 0.25) is 0 Å². The van der Waals surface area contributed by atoms with Crippen molar-refractivity contribution >= 4 is 0 Å². The molecule has 118 valence electrons. The maximum Gasteiger partial charge on any atom is 0.0781 e. The summed E-state index contributed by atoms with van der Waals surface area (Å²) >= 11 is 0. The Kier molecular flexibility index (Phi) is 14.3. The van der Waals surface area contributed by atoms with Gasteiger partial charge in [0.05, 0.1) is 38.1 Å². The van der Waals surface area contributed by atoms with E-state index in [1.165, 1.54) is 0 Å². The van der Waals surface area contributed by atoms with Gasteiger partial charge >= 0.3 is 0 Å². The predicted molar refractivity (Wildman–Crippen MR) is 79.7 cm³/mol. The molecule has 0 amide bonds. The van der Waals surface area contributed by atoms with Crippen LogP contribution in [0.4, 0.5) is 0 Å². The van der Waals surface area contributed by atoms with E-state index in [-0.39, 0.29) is 13.5 Å². The number of epoxide rings is 2. The molecule has 4 heteroatoms. The maximum atomic E-state index is 5.32. The van der Waals surface area contributed by atoms with Crippen LogP contribution in [-0.2, 0) is 18.9 Å². The van der Waals surface area contributed by atoms with E-state index in [4.69, 9.17) is 18.9 Å². The maximum absolute atomic E-state index is 5.32. The van der Waals surface area contributed by atoms with E-state index < -0.39 is 0 Å². The van der Waals surface area contributed by atoms with Crippen molar-refractivity contribution in [1.82, 2.24) is 0 Å². The Morgan fingerprint density at radius 3 is 1.58 bits per heavy atom. The molecule has 2 fully saturated rings. The fraction of sp³-hybridized carbons (Fsp3) is 1.00. The van der Waals surface area contributed by atoms with E-state index in [0.717, 1.165) is 19.8 Å². The Bertz CT molecular complexity index is 167. The number of rotatable bonds is 5. The molecule has 0 bridgehead atoms. The molecular weight excluding hydrogens is 244 g/mol. The van der Waals surface area contributed by atoms with Gasteiger partial charge in [0.15, 0.2) is 0 Å². The van der Waals surface area contributed by atoms with Gasteiger partial charge in [0.1, 0.15) is 0 Å².